The first-order chi connectivity index (χ1) is 10.6. The summed E-state index contributed by atoms with van der Waals surface area (Å²) in [4.78, 5) is 0. The molecule has 5 nitrogen and oxygen atoms in total. The first kappa shape index (κ1) is 22.5. The van der Waals surface area contributed by atoms with Crippen molar-refractivity contribution in [1.29, 1.82) is 0 Å². The van der Waals surface area contributed by atoms with E-state index >= 15 is 0 Å². The Morgan fingerprint density at radius 1 is 0.591 bits per heavy atom. The van der Waals surface area contributed by atoms with E-state index in [2.05, 4.69) is 0 Å². The summed E-state index contributed by atoms with van der Waals surface area (Å²) in [5, 5.41) is 0. The summed E-state index contributed by atoms with van der Waals surface area (Å²) in [5.41, 5.74) is 5.52. The summed E-state index contributed by atoms with van der Waals surface area (Å²) in [5.74, 6) is 0. The minimum absolute atomic E-state index is 0.563. The minimum atomic E-state index is -4.22. The third-order valence-corrected chi connectivity index (χ3v) is 10.8. The van der Waals surface area contributed by atoms with Crippen LogP contribution < -0.4 is 5.73 Å². The van der Waals surface area contributed by atoms with Crippen LogP contribution in [0, 0.1) is 0 Å². The molecule has 0 aliphatic rings. The van der Waals surface area contributed by atoms with Crippen molar-refractivity contribution >= 4 is 0 Å². The quantitative estimate of drug-likeness (QED) is 0.332. The Morgan fingerprint density at radius 3 is 1.32 bits per heavy atom. The second-order valence-corrected chi connectivity index (χ2v) is 11.4. The van der Waals surface area contributed by atoms with Gasteiger partial charge in [0.15, 0.2) is 0 Å². The van der Waals surface area contributed by atoms with Crippen LogP contribution >= 0.6 is 0 Å². The van der Waals surface area contributed by atoms with Crippen LogP contribution in [0.25, 0.3) is 0 Å². The molecule has 0 atom stereocenters. The molecule has 0 radical (unpaired) electrons. The average Bonchev–Trinajstić information content (AvgIpc) is 2.48. The molecule has 0 saturated carbocycles. The molecular weight excluding hydrogens is 318 g/mol. The fourth-order valence-electron chi connectivity index (χ4n) is 2.92. The van der Waals surface area contributed by atoms with Crippen LogP contribution in [0.5, 0.6) is 0 Å². The Bertz CT molecular complexity index is 231. The summed E-state index contributed by atoms with van der Waals surface area (Å²) >= 11 is -4.22. The van der Waals surface area contributed by atoms with Gasteiger partial charge in [0.05, 0.1) is 0 Å². The maximum absolute atomic E-state index is 6.09. The number of hydrogen-bond acceptors (Lipinski definition) is 5. The van der Waals surface area contributed by atoms with Crippen molar-refractivity contribution in [3.8, 4) is 0 Å². The topological polar surface area (TPSA) is 62.9 Å². The Labute approximate surface area is 140 Å². The van der Waals surface area contributed by atoms with E-state index in [9.17, 15) is 0 Å². The van der Waals surface area contributed by atoms with Crippen LogP contribution in [0.4, 0.5) is 0 Å². The molecule has 0 aromatic rings. The van der Waals surface area contributed by atoms with E-state index in [0.717, 1.165) is 30.5 Å². The summed E-state index contributed by atoms with van der Waals surface area (Å²) in [6.07, 6.45) is 6.99. The van der Waals surface area contributed by atoms with Gasteiger partial charge in [0.25, 0.3) is 0 Å². The monoisotopic (exact) mass is 356 g/mol. The second-order valence-electron chi connectivity index (χ2n) is 5.47. The van der Waals surface area contributed by atoms with E-state index in [1.165, 1.54) is 19.3 Å². The Hall–Kier alpha value is 0.514. The van der Waals surface area contributed by atoms with E-state index in [0.29, 0.717) is 26.4 Å². The standard InChI is InChI=1S/C8H18N.4C2H5O.Ti/c1-2-3-4-5-6-7-8-9;4*1-2-3;/h1-9H2;4*2H2,1H3;/q;4*-1;+4. The van der Waals surface area contributed by atoms with Gasteiger partial charge in [0, 0.05) is 0 Å². The van der Waals surface area contributed by atoms with Crippen LogP contribution in [0.15, 0.2) is 0 Å². The molecule has 0 spiro atoms. The molecule has 0 aliphatic heterocycles. The molecule has 0 aromatic heterocycles. The fraction of sp³-hybridized carbons (Fsp3) is 1.00. The van der Waals surface area contributed by atoms with Gasteiger partial charge in [-0.15, -0.1) is 0 Å². The van der Waals surface area contributed by atoms with E-state index in [-0.39, 0.29) is 0 Å². The van der Waals surface area contributed by atoms with Crippen LogP contribution in [0.2, 0.25) is 4.73 Å². The molecule has 135 valence electrons. The summed E-state index contributed by atoms with van der Waals surface area (Å²) in [6, 6.07) is 0. The Kier molecular flexibility index (Phi) is 13.2. The van der Waals surface area contributed by atoms with Crippen LogP contribution in [0.3, 0.4) is 0 Å². The SMILES string of the molecule is CC[O][Ti]([CH2]CCCCCCCN)([O]CC)([O]CC)[O]CC. The summed E-state index contributed by atoms with van der Waals surface area (Å²) in [6.45, 7) is 11.0. The molecule has 0 heterocycles. The van der Waals surface area contributed by atoms with Crippen LogP contribution in [-0.2, 0) is 30.1 Å². The molecular formula is C16H38NO4Ti. The number of unbranched alkanes of at least 4 members (excludes halogenated alkanes) is 5. The molecule has 0 fully saturated rings. The fourth-order valence-corrected chi connectivity index (χ4v) is 9.38. The summed E-state index contributed by atoms with van der Waals surface area (Å²) < 4.78 is 25.1. The first-order valence-electron chi connectivity index (χ1n) is 9.06. The van der Waals surface area contributed by atoms with Crippen molar-refractivity contribution in [3.63, 3.8) is 0 Å². The second kappa shape index (κ2) is 12.9. The van der Waals surface area contributed by atoms with Gasteiger partial charge in [0.2, 0.25) is 0 Å². The molecule has 22 heavy (non-hydrogen) atoms. The van der Waals surface area contributed by atoms with Gasteiger partial charge in [-0.1, -0.05) is 0 Å². The predicted molar refractivity (Wildman–Crippen MR) is 88.1 cm³/mol. The van der Waals surface area contributed by atoms with E-state index in [4.69, 9.17) is 19.0 Å². The molecule has 2 N–H and O–H groups in total. The zero-order valence-electron chi connectivity index (χ0n) is 15.2. The molecule has 0 saturated heterocycles. The van der Waals surface area contributed by atoms with Crippen molar-refractivity contribution in [3.05, 3.63) is 0 Å². The predicted octanol–water partition coefficient (Wildman–Crippen LogP) is 4.20. The number of nitrogens with two attached hydrogens (primary N) is 1. The molecule has 0 bridgehead atoms. The summed E-state index contributed by atoms with van der Waals surface area (Å²) in [7, 11) is 0. The molecule has 0 unspecified atom stereocenters. The van der Waals surface area contributed by atoms with Gasteiger partial charge in [0.1, 0.15) is 0 Å². The van der Waals surface area contributed by atoms with Gasteiger partial charge in [-0.05, 0) is 0 Å². The van der Waals surface area contributed by atoms with Crippen molar-refractivity contribution in [1.82, 2.24) is 0 Å². The van der Waals surface area contributed by atoms with Crippen molar-refractivity contribution in [2.45, 2.75) is 70.9 Å². The zero-order chi connectivity index (χ0) is 16.8. The average molecular weight is 356 g/mol. The molecule has 0 aliphatic carbocycles. The van der Waals surface area contributed by atoms with E-state index in [1.54, 1.807) is 0 Å². The Balaban J connectivity index is 4.61. The maximum atomic E-state index is 6.09. The number of hydrogen-bond donors (Lipinski definition) is 1. The molecule has 0 amide bonds. The number of rotatable bonds is 16. The zero-order valence-corrected chi connectivity index (χ0v) is 16.8. The van der Waals surface area contributed by atoms with Crippen LogP contribution in [0.1, 0.15) is 66.2 Å². The molecule has 0 aromatic carbocycles. The van der Waals surface area contributed by atoms with Gasteiger partial charge in [-0.25, -0.2) is 0 Å². The van der Waals surface area contributed by atoms with Crippen molar-refractivity contribution < 1.29 is 30.1 Å². The first-order valence-corrected chi connectivity index (χ1v) is 12.7. The van der Waals surface area contributed by atoms with Crippen molar-refractivity contribution in [2.75, 3.05) is 33.0 Å². The molecule has 0 rings (SSSR count). The van der Waals surface area contributed by atoms with E-state index < -0.39 is 16.9 Å². The van der Waals surface area contributed by atoms with Gasteiger partial charge >= 0.3 is 140 Å². The normalized spacial score (nSPS) is 14.0. The molecule has 6 heteroatoms. The third kappa shape index (κ3) is 7.87. The van der Waals surface area contributed by atoms with Crippen molar-refractivity contribution in [2.24, 2.45) is 5.73 Å². The Morgan fingerprint density at radius 2 is 0.955 bits per heavy atom. The van der Waals surface area contributed by atoms with E-state index in [1.807, 2.05) is 27.7 Å². The van der Waals surface area contributed by atoms with Crippen LogP contribution in [-0.4, -0.2) is 33.0 Å². The third-order valence-electron chi connectivity index (χ3n) is 3.73. The van der Waals surface area contributed by atoms with Gasteiger partial charge in [-0.2, -0.15) is 0 Å². The van der Waals surface area contributed by atoms with Gasteiger partial charge in [-0.3, -0.25) is 0 Å². The van der Waals surface area contributed by atoms with Gasteiger partial charge < -0.3 is 0 Å².